The van der Waals surface area contributed by atoms with Crippen molar-refractivity contribution in [2.75, 3.05) is 0 Å². The van der Waals surface area contributed by atoms with E-state index in [1.807, 2.05) is 18.6 Å². The number of hydrogen-bond donors (Lipinski definition) is 0. The second-order valence-corrected chi connectivity index (χ2v) is 9.42. The van der Waals surface area contributed by atoms with Crippen LogP contribution < -0.4 is 0 Å². The van der Waals surface area contributed by atoms with E-state index in [9.17, 15) is 0 Å². The molecule has 3 nitrogen and oxygen atoms in total. The number of hydrogen-bond acceptors (Lipinski definition) is 3. The Balaban J connectivity index is 1.60. The molecule has 3 heteroatoms. The highest BCUT2D eigenvalue weighted by Gasteiger charge is 2.04. The lowest BCUT2D eigenvalue weighted by molar-refractivity contribution is 0.564. The third-order valence-corrected chi connectivity index (χ3v) is 6.40. The Morgan fingerprint density at radius 2 is 0.906 bits per heavy atom. The highest BCUT2D eigenvalue weighted by atomic mass is 14.9. The Morgan fingerprint density at radius 1 is 0.469 bits per heavy atom. The molecular formula is C29H47N3. The minimum atomic E-state index is 0.739. The maximum absolute atomic E-state index is 4.62. The number of aryl methyl sites for hydroxylation is 2. The summed E-state index contributed by atoms with van der Waals surface area (Å²) in [7, 11) is 0. The first kappa shape index (κ1) is 26.5. The van der Waals surface area contributed by atoms with Crippen molar-refractivity contribution in [3.8, 4) is 11.5 Å². The molecule has 2 aromatic heterocycles. The molecule has 0 spiro atoms. The van der Waals surface area contributed by atoms with Crippen molar-refractivity contribution < 1.29 is 0 Å². The zero-order valence-corrected chi connectivity index (χ0v) is 21.0. The molecule has 32 heavy (non-hydrogen) atoms. The molecule has 0 unspecified atom stereocenters. The minimum Gasteiger partial charge on any atom is -0.253 e. The SMILES string of the molecule is CCCCCCCCCCCc1cnc(-c2ccc(CCCCCCCCC)cn2)nc1. The van der Waals surface area contributed by atoms with Crippen molar-refractivity contribution >= 4 is 0 Å². The van der Waals surface area contributed by atoms with Crippen molar-refractivity contribution in [1.82, 2.24) is 15.0 Å². The summed E-state index contributed by atoms with van der Waals surface area (Å²) < 4.78 is 0. The number of unbranched alkanes of at least 4 members (excludes halogenated alkanes) is 14. The highest BCUT2D eigenvalue weighted by Crippen LogP contribution is 2.16. The van der Waals surface area contributed by atoms with E-state index in [4.69, 9.17) is 0 Å². The molecule has 0 fully saturated rings. The van der Waals surface area contributed by atoms with E-state index >= 15 is 0 Å². The van der Waals surface area contributed by atoms with Gasteiger partial charge in [0.1, 0.15) is 5.69 Å². The fourth-order valence-electron chi connectivity index (χ4n) is 4.25. The van der Waals surface area contributed by atoms with Crippen LogP contribution in [0.1, 0.15) is 128 Å². The first-order valence-electron chi connectivity index (χ1n) is 13.6. The molecule has 2 rings (SSSR count). The number of aromatic nitrogens is 3. The fourth-order valence-corrected chi connectivity index (χ4v) is 4.25. The van der Waals surface area contributed by atoms with E-state index in [0.29, 0.717) is 0 Å². The Labute approximate surface area is 197 Å². The van der Waals surface area contributed by atoms with Crippen molar-refractivity contribution in [2.24, 2.45) is 0 Å². The maximum atomic E-state index is 4.62. The summed E-state index contributed by atoms with van der Waals surface area (Å²) >= 11 is 0. The van der Waals surface area contributed by atoms with Gasteiger partial charge in [0.25, 0.3) is 0 Å². The molecule has 0 N–H and O–H groups in total. The van der Waals surface area contributed by atoms with E-state index in [0.717, 1.165) is 24.4 Å². The van der Waals surface area contributed by atoms with Crippen LogP contribution in [0.25, 0.3) is 11.5 Å². The van der Waals surface area contributed by atoms with Gasteiger partial charge in [-0.1, -0.05) is 110 Å². The molecule has 2 heterocycles. The molecule has 2 aromatic rings. The second-order valence-electron chi connectivity index (χ2n) is 9.42. The summed E-state index contributed by atoms with van der Waals surface area (Å²) in [4.78, 5) is 13.8. The average Bonchev–Trinajstić information content (AvgIpc) is 2.83. The van der Waals surface area contributed by atoms with Gasteiger partial charge < -0.3 is 0 Å². The van der Waals surface area contributed by atoms with Crippen LogP contribution in [-0.2, 0) is 12.8 Å². The molecule has 0 aliphatic rings. The van der Waals surface area contributed by atoms with E-state index in [2.05, 4.69) is 40.9 Å². The fraction of sp³-hybridized carbons (Fsp3) is 0.690. The topological polar surface area (TPSA) is 38.7 Å². The van der Waals surface area contributed by atoms with E-state index in [1.165, 1.54) is 114 Å². The standard InChI is InChI=1S/C29H47N3/c1-3-5-7-9-11-12-14-16-18-20-27-24-31-29(32-25-27)28-22-21-26(23-30-28)19-17-15-13-10-8-6-4-2/h21-25H,3-20H2,1-2H3. The van der Waals surface area contributed by atoms with Crippen LogP contribution >= 0.6 is 0 Å². The molecule has 0 saturated heterocycles. The van der Waals surface area contributed by atoms with Gasteiger partial charge in [0, 0.05) is 18.6 Å². The van der Waals surface area contributed by atoms with Crippen LogP contribution in [0.15, 0.2) is 30.7 Å². The molecule has 0 aliphatic carbocycles. The third kappa shape index (κ3) is 11.7. The molecule has 0 aliphatic heterocycles. The predicted octanol–water partition coefficient (Wildman–Crippen LogP) is 8.91. The highest BCUT2D eigenvalue weighted by molar-refractivity contribution is 5.48. The van der Waals surface area contributed by atoms with E-state index in [1.54, 1.807) is 0 Å². The zero-order valence-electron chi connectivity index (χ0n) is 21.0. The van der Waals surface area contributed by atoms with E-state index in [-0.39, 0.29) is 0 Å². The summed E-state index contributed by atoms with van der Waals surface area (Å²) in [5, 5.41) is 0. The minimum absolute atomic E-state index is 0.739. The largest absolute Gasteiger partial charge is 0.253 e. The van der Waals surface area contributed by atoms with E-state index < -0.39 is 0 Å². The van der Waals surface area contributed by atoms with Gasteiger partial charge >= 0.3 is 0 Å². The summed E-state index contributed by atoms with van der Waals surface area (Å²) in [5.41, 5.74) is 3.44. The van der Waals surface area contributed by atoms with Gasteiger partial charge in [-0.25, -0.2) is 9.97 Å². The van der Waals surface area contributed by atoms with Crippen LogP contribution in [0.4, 0.5) is 0 Å². The van der Waals surface area contributed by atoms with Crippen molar-refractivity contribution in [2.45, 2.75) is 129 Å². The summed E-state index contributed by atoms with van der Waals surface area (Å²) in [6.45, 7) is 4.55. The van der Waals surface area contributed by atoms with Gasteiger partial charge in [0.2, 0.25) is 0 Å². The smallest absolute Gasteiger partial charge is 0.178 e. The van der Waals surface area contributed by atoms with Gasteiger partial charge in [-0.05, 0) is 42.9 Å². The first-order valence-corrected chi connectivity index (χ1v) is 13.6. The van der Waals surface area contributed by atoms with Crippen LogP contribution in [0, 0.1) is 0 Å². The molecule has 0 radical (unpaired) electrons. The van der Waals surface area contributed by atoms with Gasteiger partial charge in [0.05, 0.1) is 0 Å². The van der Waals surface area contributed by atoms with Crippen LogP contribution in [0.5, 0.6) is 0 Å². The van der Waals surface area contributed by atoms with Crippen LogP contribution in [0.2, 0.25) is 0 Å². The van der Waals surface area contributed by atoms with Crippen molar-refractivity contribution in [3.05, 3.63) is 41.9 Å². The average molecular weight is 438 g/mol. The Hall–Kier alpha value is -1.77. The zero-order chi connectivity index (χ0) is 22.7. The Kier molecular flexibility index (Phi) is 14.7. The number of pyridine rings is 1. The van der Waals surface area contributed by atoms with Crippen LogP contribution in [0.3, 0.4) is 0 Å². The molecule has 0 aromatic carbocycles. The lowest BCUT2D eigenvalue weighted by Crippen LogP contribution is -1.96. The molecule has 0 saturated carbocycles. The van der Waals surface area contributed by atoms with Gasteiger partial charge in [-0.15, -0.1) is 0 Å². The molecule has 0 bridgehead atoms. The lowest BCUT2D eigenvalue weighted by Gasteiger charge is -2.05. The maximum Gasteiger partial charge on any atom is 0.178 e. The normalized spacial score (nSPS) is 11.2. The Morgan fingerprint density at radius 3 is 1.38 bits per heavy atom. The van der Waals surface area contributed by atoms with Gasteiger partial charge in [0.15, 0.2) is 5.82 Å². The second kappa shape index (κ2) is 17.7. The lowest BCUT2D eigenvalue weighted by atomic mass is 10.0. The molecule has 0 atom stereocenters. The number of nitrogens with zero attached hydrogens (tertiary/aromatic N) is 3. The van der Waals surface area contributed by atoms with Crippen molar-refractivity contribution in [3.63, 3.8) is 0 Å². The van der Waals surface area contributed by atoms with Crippen molar-refractivity contribution in [1.29, 1.82) is 0 Å². The quantitative estimate of drug-likeness (QED) is 0.206. The third-order valence-electron chi connectivity index (χ3n) is 6.40. The van der Waals surface area contributed by atoms with Crippen LogP contribution in [-0.4, -0.2) is 15.0 Å². The van der Waals surface area contributed by atoms with Gasteiger partial charge in [-0.2, -0.15) is 0 Å². The first-order chi connectivity index (χ1) is 15.8. The summed E-state index contributed by atoms with van der Waals surface area (Å²) in [6.07, 6.45) is 29.9. The molecule has 0 amide bonds. The van der Waals surface area contributed by atoms with Gasteiger partial charge in [-0.3, -0.25) is 4.98 Å². The summed E-state index contributed by atoms with van der Waals surface area (Å²) in [5.74, 6) is 0.739. The molecule has 178 valence electrons. The Bertz CT molecular complexity index is 679. The monoisotopic (exact) mass is 437 g/mol. The summed E-state index contributed by atoms with van der Waals surface area (Å²) in [6, 6.07) is 4.27. The predicted molar refractivity (Wildman–Crippen MR) is 138 cm³/mol. The molecular weight excluding hydrogens is 390 g/mol. The number of rotatable bonds is 19.